The third-order valence-corrected chi connectivity index (χ3v) is 5.41. The van der Waals surface area contributed by atoms with Gasteiger partial charge < -0.3 is 4.90 Å². The number of quaternary nitrogens is 1. The second-order valence-electron chi connectivity index (χ2n) is 6.67. The summed E-state index contributed by atoms with van der Waals surface area (Å²) in [7, 11) is 0. The molecule has 3 rings (SSSR count). The molecule has 0 amide bonds. The molecule has 0 saturated carbocycles. The number of aromatic nitrogens is 3. The van der Waals surface area contributed by atoms with Crippen molar-refractivity contribution in [3.05, 3.63) is 40.4 Å². The molecule has 2 heterocycles. The Bertz CT molecular complexity index is 714. The first-order valence-corrected chi connectivity index (χ1v) is 9.09. The minimum absolute atomic E-state index is 0.746. The van der Waals surface area contributed by atoms with Gasteiger partial charge in [-0.25, -0.2) is 0 Å². The van der Waals surface area contributed by atoms with Gasteiger partial charge in [-0.15, -0.1) is 0 Å². The molecule has 4 nitrogen and oxygen atoms in total. The van der Waals surface area contributed by atoms with E-state index in [0.717, 1.165) is 29.0 Å². The Morgan fingerprint density at radius 3 is 2.65 bits per heavy atom. The summed E-state index contributed by atoms with van der Waals surface area (Å²) in [6.45, 7) is 8.55. The van der Waals surface area contributed by atoms with Gasteiger partial charge >= 0.3 is 0 Å². The highest BCUT2D eigenvalue weighted by Crippen LogP contribution is 2.13. The van der Waals surface area contributed by atoms with Crippen molar-refractivity contribution in [2.45, 2.75) is 59.2 Å². The van der Waals surface area contributed by atoms with Crippen molar-refractivity contribution in [3.63, 3.8) is 0 Å². The second kappa shape index (κ2) is 6.97. The van der Waals surface area contributed by atoms with Crippen LogP contribution in [0.15, 0.2) is 24.3 Å². The SMILES string of the molecule is CC[C@@H]1CCCC[NH+]1Cn1nc(C)n(-c2ccc(C)cc2)c1=S. The normalized spacial score (nSPS) is 21.5. The Balaban J connectivity index is 1.88. The largest absolute Gasteiger partial charge is 0.314 e. The molecule has 1 aromatic heterocycles. The number of rotatable bonds is 4. The zero-order valence-electron chi connectivity index (χ0n) is 14.4. The first kappa shape index (κ1) is 16.4. The van der Waals surface area contributed by atoms with E-state index in [1.165, 1.54) is 37.8 Å². The zero-order valence-corrected chi connectivity index (χ0v) is 15.2. The number of nitrogens with zero attached hydrogens (tertiary/aromatic N) is 3. The van der Waals surface area contributed by atoms with Gasteiger partial charge in [-0.1, -0.05) is 24.6 Å². The van der Waals surface area contributed by atoms with E-state index in [1.54, 1.807) is 4.90 Å². The van der Waals surface area contributed by atoms with Crippen LogP contribution in [0.3, 0.4) is 0 Å². The molecule has 5 heteroatoms. The molecule has 0 bridgehead atoms. The summed E-state index contributed by atoms with van der Waals surface area (Å²) < 4.78 is 4.91. The van der Waals surface area contributed by atoms with Gasteiger partial charge in [-0.05, 0) is 63.9 Å². The predicted octanol–water partition coefficient (Wildman–Crippen LogP) is 2.83. The summed E-state index contributed by atoms with van der Waals surface area (Å²) in [4.78, 5) is 1.63. The Hall–Kier alpha value is -1.46. The molecule has 0 radical (unpaired) electrons. The first-order valence-electron chi connectivity index (χ1n) is 8.68. The summed E-state index contributed by atoms with van der Waals surface area (Å²) in [6.07, 6.45) is 5.25. The van der Waals surface area contributed by atoms with Crippen LogP contribution in [-0.4, -0.2) is 26.9 Å². The quantitative estimate of drug-likeness (QED) is 0.872. The van der Waals surface area contributed by atoms with Crippen molar-refractivity contribution >= 4 is 12.2 Å². The molecule has 23 heavy (non-hydrogen) atoms. The van der Waals surface area contributed by atoms with Crippen LogP contribution in [0.2, 0.25) is 0 Å². The maximum atomic E-state index is 5.72. The van der Waals surface area contributed by atoms with Crippen LogP contribution in [0.25, 0.3) is 5.69 Å². The number of piperidine rings is 1. The second-order valence-corrected chi connectivity index (χ2v) is 7.03. The Morgan fingerprint density at radius 2 is 1.96 bits per heavy atom. The summed E-state index contributed by atoms with van der Waals surface area (Å²) in [5.74, 6) is 0.961. The van der Waals surface area contributed by atoms with Crippen molar-refractivity contribution in [2.75, 3.05) is 6.54 Å². The minimum atomic E-state index is 0.746. The number of likely N-dealkylation sites (tertiary alicyclic amines) is 1. The molecule has 1 fully saturated rings. The van der Waals surface area contributed by atoms with Crippen LogP contribution in [0.4, 0.5) is 0 Å². The van der Waals surface area contributed by atoms with Gasteiger partial charge in [0.2, 0.25) is 4.77 Å². The molecular weight excluding hydrogens is 304 g/mol. The van der Waals surface area contributed by atoms with Crippen LogP contribution in [0.5, 0.6) is 0 Å². The highest BCUT2D eigenvalue weighted by molar-refractivity contribution is 7.71. The van der Waals surface area contributed by atoms with Gasteiger partial charge in [0.05, 0.1) is 12.6 Å². The third kappa shape index (κ3) is 3.40. The lowest BCUT2D eigenvalue weighted by molar-refractivity contribution is -0.953. The summed E-state index contributed by atoms with van der Waals surface area (Å²) >= 11 is 5.72. The molecular formula is C18H27N4S+. The van der Waals surface area contributed by atoms with Gasteiger partial charge in [0.15, 0.2) is 6.67 Å². The molecule has 1 aromatic carbocycles. The number of nitrogens with one attached hydrogen (secondary N) is 1. The zero-order chi connectivity index (χ0) is 16.4. The van der Waals surface area contributed by atoms with Crippen LogP contribution < -0.4 is 4.90 Å². The summed E-state index contributed by atoms with van der Waals surface area (Å²) in [6, 6.07) is 9.23. The van der Waals surface area contributed by atoms with Crippen molar-refractivity contribution in [1.82, 2.24) is 14.3 Å². The van der Waals surface area contributed by atoms with Gasteiger partial charge in [-0.3, -0.25) is 4.57 Å². The van der Waals surface area contributed by atoms with Gasteiger partial charge in [0.1, 0.15) is 5.82 Å². The van der Waals surface area contributed by atoms with E-state index in [2.05, 4.69) is 42.7 Å². The van der Waals surface area contributed by atoms with Crippen LogP contribution in [0, 0.1) is 18.6 Å². The first-order chi connectivity index (χ1) is 11.1. The highest BCUT2D eigenvalue weighted by atomic mass is 32.1. The fourth-order valence-corrected chi connectivity index (χ4v) is 4.00. The maximum Gasteiger partial charge on any atom is 0.207 e. The van der Waals surface area contributed by atoms with Crippen molar-refractivity contribution in [2.24, 2.45) is 0 Å². The topological polar surface area (TPSA) is 27.2 Å². The minimum Gasteiger partial charge on any atom is -0.314 e. The molecule has 2 atom stereocenters. The molecule has 1 aliphatic heterocycles. The lowest BCUT2D eigenvalue weighted by Crippen LogP contribution is -3.15. The van der Waals surface area contributed by atoms with E-state index in [9.17, 15) is 0 Å². The Morgan fingerprint density at radius 1 is 1.22 bits per heavy atom. The fraction of sp³-hybridized carbons (Fsp3) is 0.556. The van der Waals surface area contributed by atoms with Gasteiger partial charge in [0.25, 0.3) is 0 Å². The molecule has 1 unspecified atom stereocenters. The molecule has 1 aliphatic rings. The van der Waals surface area contributed by atoms with Gasteiger partial charge in [-0.2, -0.15) is 9.78 Å². The summed E-state index contributed by atoms with van der Waals surface area (Å²) in [5.41, 5.74) is 2.36. The van der Waals surface area contributed by atoms with E-state index < -0.39 is 0 Å². The molecule has 1 N–H and O–H groups in total. The smallest absolute Gasteiger partial charge is 0.207 e. The fourth-order valence-electron chi connectivity index (χ4n) is 3.65. The third-order valence-electron chi connectivity index (χ3n) is 5.02. The number of hydrogen-bond donors (Lipinski definition) is 1. The van der Waals surface area contributed by atoms with Crippen LogP contribution in [-0.2, 0) is 6.67 Å². The number of aryl methyl sites for hydroxylation is 2. The van der Waals surface area contributed by atoms with E-state index in [4.69, 9.17) is 17.3 Å². The number of hydrogen-bond acceptors (Lipinski definition) is 2. The lowest BCUT2D eigenvalue weighted by atomic mass is 10.0. The molecule has 0 spiro atoms. The van der Waals surface area contributed by atoms with Crippen LogP contribution in [0.1, 0.15) is 44.0 Å². The molecule has 124 valence electrons. The lowest BCUT2D eigenvalue weighted by Gasteiger charge is -2.31. The molecule has 2 aromatic rings. The summed E-state index contributed by atoms with van der Waals surface area (Å²) in [5, 5.41) is 4.73. The van der Waals surface area contributed by atoms with E-state index in [1.807, 2.05) is 11.6 Å². The monoisotopic (exact) mass is 331 g/mol. The molecule has 1 saturated heterocycles. The van der Waals surface area contributed by atoms with E-state index >= 15 is 0 Å². The van der Waals surface area contributed by atoms with Crippen molar-refractivity contribution < 1.29 is 4.90 Å². The molecule has 0 aliphatic carbocycles. The van der Waals surface area contributed by atoms with E-state index in [-0.39, 0.29) is 0 Å². The standard InChI is InChI=1S/C18H26N4S/c1-4-16-7-5-6-12-20(16)13-21-18(23)22(15(3)19-21)17-10-8-14(2)9-11-17/h8-11,16H,4-7,12-13H2,1-3H3/p+1/t16-/m1/s1. The maximum absolute atomic E-state index is 5.72. The van der Waals surface area contributed by atoms with Gasteiger partial charge in [0, 0.05) is 5.69 Å². The average molecular weight is 332 g/mol. The number of benzene rings is 1. The van der Waals surface area contributed by atoms with Crippen molar-refractivity contribution in [1.29, 1.82) is 0 Å². The van der Waals surface area contributed by atoms with Crippen LogP contribution >= 0.6 is 12.2 Å². The van der Waals surface area contributed by atoms with E-state index in [0.29, 0.717) is 0 Å². The Kier molecular flexibility index (Phi) is 4.97. The predicted molar refractivity (Wildman–Crippen MR) is 95.6 cm³/mol. The Labute approximate surface area is 143 Å². The highest BCUT2D eigenvalue weighted by Gasteiger charge is 2.25. The van der Waals surface area contributed by atoms with Crippen molar-refractivity contribution in [3.8, 4) is 5.69 Å². The average Bonchev–Trinajstić information content (AvgIpc) is 2.83.